The summed E-state index contributed by atoms with van der Waals surface area (Å²) < 4.78 is 4.89. The Morgan fingerprint density at radius 2 is 1.21 bits per heavy atom. The summed E-state index contributed by atoms with van der Waals surface area (Å²) in [5.41, 5.74) is 1.91. The van der Waals surface area contributed by atoms with E-state index in [4.69, 9.17) is 16.6 Å². The van der Waals surface area contributed by atoms with Gasteiger partial charge < -0.3 is 0 Å². The van der Waals surface area contributed by atoms with Crippen LogP contribution in [0.3, 0.4) is 0 Å². The lowest BCUT2D eigenvalue weighted by Gasteiger charge is -2.06. The summed E-state index contributed by atoms with van der Waals surface area (Å²) in [6.07, 6.45) is 0. The van der Waals surface area contributed by atoms with Gasteiger partial charge in [0.1, 0.15) is 0 Å². The minimum Gasteiger partial charge on any atom is -0.208 e. The number of nitrogens with zero attached hydrogens (tertiary/aromatic N) is 3. The fourth-order valence-corrected chi connectivity index (χ4v) is 6.91. The Kier molecular flexibility index (Phi) is 4.24. The van der Waals surface area contributed by atoms with Gasteiger partial charge in [0.05, 0.1) is 0 Å². The molecule has 0 saturated heterocycles. The molecule has 3 nitrogen and oxygen atoms in total. The van der Waals surface area contributed by atoms with Crippen molar-refractivity contribution in [2.45, 2.75) is 0 Å². The van der Waals surface area contributed by atoms with Gasteiger partial charge in [0.2, 0.25) is 5.28 Å². The molecule has 156 valence electrons. The molecule has 0 atom stereocenters. The first-order valence-electron chi connectivity index (χ1n) is 10.5. The van der Waals surface area contributed by atoms with Gasteiger partial charge in [-0.15, -0.1) is 22.7 Å². The third-order valence-corrected chi connectivity index (χ3v) is 8.41. The first-order chi connectivity index (χ1) is 16.2. The average Bonchev–Trinajstić information content (AvgIpc) is 3.41. The molecule has 0 unspecified atom stereocenters. The number of benzene rings is 4. The standard InChI is InChI=1S/C27H14ClN3S2/c28-27-30-25(15-12-13-18-16-6-1-3-10-21(16)32-23(18)14-15)29-26(31-27)20-9-5-8-19-17-7-2-4-11-22(17)33-24(19)20/h1-14H. The third kappa shape index (κ3) is 3.04. The fourth-order valence-electron chi connectivity index (χ4n) is 4.39. The zero-order valence-corrected chi connectivity index (χ0v) is 19.5. The molecule has 0 amide bonds. The number of fused-ring (bicyclic) bond motifs is 6. The molecule has 0 aliphatic carbocycles. The van der Waals surface area contributed by atoms with Crippen molar-refractivity contribution in [3.63, 3.8) is 0 Å². The lowest BCUT2D eigenvalue weighted by molar-refractivity contribution is 1.07. The molecule has 0 spiro atoms. The molecular weight excluding hydrogens is 466 g/mol. The summed E-state index contributed by atoms with van der Waals surface area (Å²) in [6, 6.07) is 29.5. The van der Waals surface area contributed by atoms with Gasteiger partial charge in [-0.2, -0.15) is 9.97 Å². The molecule has 3 aromatic heterocycles. The largest absolute Gasteiger partial charge is 0.226 e. The van der Waals surface area contributed by atoms with Crippen LogP contribution >= 0.6 is 34.3 Å². The number of halogens is 1. The van der Waals surface area contributed by atoms with Gasteiger partial charge in [-0.3, -0.25) is 0 Å². The van der Waals surface area contributed by atoms with E-state index < -0.39 is 0 Å². The third-order valence-electron chi connectivity index (χ3n) is 5.89. The van der Waals surface area contributed by atoms with Crippen LogP contribution in [0.5, 0.6) is 0 Å². The number of aromatic nitrogens is 3. The Balaban J connectivity index is 1.42. The highest BCUT2D eigenvalue weighted by molar-refractivity contribution is 7.26. The van der Waals surface area contributed by atoms with Crippen LogP contribution in [-0.4, -0.2) is 15.0 Å². The zero-order valence-electron chi connectivity index (χ0n) is 17.1. The van der Waals surface area contributed by atoms with E-state index in [-0.39, 0.29) is 5.28 Å². The molecule has 0 saturated carbocycles. The van der Waals surface area contributed by atoms with Crippen molar-refractivity contribution in [2.75, 3.05) is 0 Å². The van der Waals surface area contributed by atoms with Crippen LogP contribution < -0.4 is 0 Å². The lowest BCUT2D eigenvalue weighted by Crippen LogP contribution is -1.97. The van der Waals surface area contributed by atoms with Gasteiger partial charge in [-0.25, -0.2) is 4.98 Å². The summed E-state index contributed by atoms with van der Waals surface area (Å²) in [5, 5.41) is 5.17. The normalized spacial score (nSPS) is 11.8. The fraction of sp³-hybridized carbons (Fsp3) is 0. The van der Waals surface area contributed by atoms with E-state index in [9.17, 15) is 0 Å². The maximum absolute atomic E-state index is 6.41. The molecule has 6 heteroatoms. The van der Waals surface area contributed by atoms with Crippen molar-refractivity contribution in [2.24, 2.45) is 0 Å². The molecular formula is C27H14ClN3S2. The molecule has 7 aromatic rings. The Labute approximate surface area is 202 Å². The van der Waals surface area contributed by atoms with Crippen molar-refractivity contribution in [3.8, 4) is 22.8 Å². The summed E-state index contributed by atoms with van der Waals surface area (Å²) in [4.78, 5) is 13.8. The van der Waals surface area contributed by atoms with E-state index in [1.807, 2.05) is 0 Å². The molecule has 7 rings (SSSR count). The Morgan fingerprint density at radius 3 is 2.06 bits per heavy atom. The minimum atomic E-state index is 0.199. The average molecular weight is 480 g/mol. The Morgan fingerprint density at radius 1 is 0.545 bits per heavy atom. The number of thiophene rings is 2. The molecule has 0 fully saturated rings. The first kappa shape index (κ1) is 19.1. The van der Waals surface area contributed by atoms with Crippen LogP contribution in [0.4, 0.5) is 0 Å². The van der Waals surface area contributed by atoms with Crippen LogP contribution in [0.25, 0.3) is 63.1 Å². The SMILES string of the molecule is Clc1nc(-c2ccc3c(c2)sc2ccccc23)nc(-c2cccc3c2sc2ccccc23)n1. The van der Waals surface area contributed by atoms with E-state index >= 15 is 0 Å². The van der Waals surface area contributed by atoms with Crippen molar-refractivity contribution < 1.29 is 0 Å². The highest BCUT2D eigenvalue weighted by Crippen LogP contribution is 2.40. The highest BCUT2D eigenvalue weighted by atomic mass is 35.5. The van der Waals surface area contributed by atoms with E-state index in [0.29, 0.717) is 11.6 Å². The van der Waals surface area contributed by atoms with Crippen LogP contribution in [0.15, 0.2) is 84.9 Å². The second-order valence-corrected chi connectivity index (χ2v) is 10.3. The Hall–Kier alpha value is -3.38. The monoisotopic (exact) mass is 479 g/mol. The van der Waals surface area contributed by atoms with Gasteiger partial charge in [0.25, 0.3) is 0 Å². The first-order valence-corrected chi connectivity index (χ1v) is 12.5. The van der Waals surface area contributed by atoms with Gasteiger partial charge in [-0.05, 0) is 35.9 Å². The molecule has 0 radical (unpaired) electrons. The second kappa shape index (κ2) is 7.32. The summed E-state index contributed by atoms with van der Waals surface area (Å²) >= 11 is 9.94. The topological polar surface area (TPSA) is 38.7 Å². The smallest absolute Gasteiger partial charge is 0.208 e. The highest BCUT2D eigenvalue weighted by Gasteiger charge is 2.15. The Bertz CT molecular complexity index is 1850. The lowest BCUT2D eigenvalue weighted by atomic mass is 10.1. The minimum absolute atomic E-state index is 0.199. The molecule has 33 heavy (non-hydrogen) atoms. The predicted octanol–water partition coefficient (Wildman–Crippen LogP) is 8.59. The molecule has 4 aromatic carbocycles. The van der Waals surface area contributed by atoms with Crippen LogP contribution in [0, 0.1) is 0 Å². The maximum Gasteiger partial charge on any atom is 0.226 e. The van der Waals surface area contributed by atoms with Gasteiger partial charge >= 0.3 is 0 Å². The molecule has 0 N–H and O–H groups in total. The van der Waals surface area contributed by atoms with E-state index in [1.165, 1.54) is 35.6 Å². The van der Waals surface area contributed by atoms with Crippen molar-refractivity contribution in [1.29, 1.82) is 0 Å². The summed E-state index contributed by atoms with van der Waals surface area (Å²) in [6.45, 7) is 0. The van der Waals surface area contributed by atoms with E-state index in [2.05, 4.69) is 94.9 Å². The summed E-state index contributed by atoms with van der Waals surface area (Å²) in [5.74, 6) is 1.18. The van der Waals surface area contributed by atoms with Gasteiger partial charge in [-0.1, -0.05) is 60.7 Å². The van der Waals surface area contributed by atoms with Crippen LogP contribution in [0.1, 0.15) is 0 Å². The van der Waals surface area contributed by atoms with Crippen LogP contribution in [0.2, 0.25) is 5.28 Å². The predicted molar refractivity (Wildman–Crippen MR) is 141 cm³/mol. The van der Waals surface area contributed by atoms with Crippen LogP contribution in [-0.2, 0) is 0 Å². The van der Waals surface area contributed by atoms with Gasteiger partial charge in [0, 0.05) is 51.5 Å². The molecule has 0 bridgehead atoms. The van der Waals surface area contributed by atoms with Crippen molar-refractivity contribution in [3.05, 3.63) is 90.2 Å². The molecule has 0 aliphatic rings. The number of hydrogen-bond acceptors (Lipinski definition) is 5. The quantitative estimate of drug-likeness (QED) is 0.249. The zero-order chi connectivity index (χ0) is 21.9. The van der Waals surface area contributed by atoms with E-state index in [0.717, 1.165) is 15.8 Å². The van der Waals surface area contributed by atoms with Crippen molar-refractivity contribution in [1.82, 2.24) is 15.0 Å². The van der Waals surface area contributed by atoms with E-state index in [1.54, 1.807) is 22.7 Å². The number of rotatable bonds is 2. The second-order valence-electron chi connectivity index (χ2n) is 7.84. The maximum atomic E-state index is 6.41. The summed E-state index contributed by atoms with van der Waals surface area (Å²) in [7, 11) is 0. The molecule has 3 heterocycles. The van der Waals surface area contributed by atoms with Gasteiger partial charge in [0.15, 0.2) is 11.6 Å². The number of hydrogen-bond donors (Lipinski definition) is 0. The molecule has 0 aliphatic heterocycles. The van der Waals surface area contributed by atoms with Crippen molar-refractivity contribution >= 4 is 74.6 Å².